The van der Waals surface area contributed by atoms with E-state index < -0.39 is 0 Å². The van der Waals surface area contributed by atoms with Crippen molar-refractivity contribution < 1.29 is 14.3 Å². The van der Waals surface area contributed by atoms with Gasteiger partial charge in [0.1, 0.15) is 11.5 Å². The molecule has 0 aromatic heterocycles. The number of nitrogens with one attached hydrogen (secondary N) is 1. The van der Waals surface area contributed by atoms with Gasteiger partial charge >= 0.3 is 0 Å². The minimum atomic E-state index is -0.00965. The quantitative estimate of drug-likeness (QED) is 0.896. The van der Waals surface area contributed by atoms with E-state index in [0.717, 1.165) is 25.7 Å². The SMILES string of the molecule is COc1cc(NC(=O)C2CCC(N)CC2)c(OC)cc1Cl. The number of methoxy groups -OCH3 is 2. The van der Waals surface area contributed by atoms with Crippen LogP contribution < -0.4 is 20.5 Å². The molecule has 0 spiro atoms. The fourth-order valence-corrected chi connectivity index (χ4v) is 2.81. The van der Waals surface area contributed by atoms with Gasteiger partial charge < -0.3 is 20.5 Å². The molecule has 1 saturated carbocycles. The van der Waals surface area contributed by atoms with Gasteiger partial charge in [0.05, 0.1) is 24.9 Å². The standard InChI is InChI=1S/C15H21ClN2O3/c1-20-13-8-12(14(21-2)7-11(13)16)18-15(19)9-3-5-10(17)6-4-9/h7-10H,3-6,17H2,1-2H3,(H,18,19). The van der Waals surface area contributed by atoms with Crippen LogP contribution in [0.1, 0.15) is 25.7 Å². The molecule has 1 aliphatic carbocycles. The molecule has 0 heterocycles. The van der Waals surface area contributed by atoms with Crippen molar-refractivity contribution in [2.24, 2.45) is 11.7 Å². The van der Waals surface area contributed by atoms with E-state index in [1.807, 2.05) is 0 Å². The van der Waals surface area contributed by atoms with Crippen LogP contribution in [0.4, 0.5) is 5.69 Å². The van der Waals surface area contributed by atoms with Crippen molar-refractivity contribution in [3.8, 4) is 11.5 Å². The van der Waals surface area contributed by atoms with Gasteiger partial charge in [-0.2, -0.15) is 0 Å². The third-order valence-corrected chi connectivity index (χ3v) is 4.17. The van der Waals surface area contributed by atoms with Gasteiger partial charge in [-0.1, -0.05) is 11.6 Å². The summed E-state index contributed by atoms with van der Waals surface area (Å²) in [5.41, 5.74) is 6.44. The van der Waals surface area contributed by atoms with Crippen molar-refractivity contribution in [2.75, 3.05) is 19.5 Å². The van der Waals surface area contributed by atoms with Crippen LogP contribution in [0, 0.1) is 5.92 Å². The lowest BCUT2D eigenvalue weighted by molar-refractivity contribution is -0.120. The Morgan fingerprint density at radius 3 is 2.38 bits per heavy atom. The number of carbonyl (C=O) groups is 1. The maximum Gasteiger partial charge on any atom is 0.227 e. The van der Waals surface area contributed by atoms with Crippen molar-refractivity contribution in [3.05, 3.63) is 17.2 Å². The molecule has 1 aliphatic rings. The molecule has 1 fully saturated rings. The molecular weight excluding hydrogens is 292 g/mol. The molecule has 116 valence electrons. The van der Waals surface area contributed by atoms with Crippen LogP contribution in [0.15, 0.2) is 12.1 Å². The first kappa shape index (κ1) is 15.9. The van der Waals surface area contributed by atoms with Gasteiger partial charge in [-0.05, 0) is 25.7 Å². The minimum absolute atomic E-state index is 0.00354. The second kappa shape index (κ2) is 7.00. The summed E-state index contributed by atoms with van der Waals surface area (Å²) in [5.74, 6) is 1.00. The van der Waals surface area contributed by atoms with Gasteiger partial charge in [0.25, 0.3) is 0 Å². The lowest BCUT2D eigenvalue weighted by Gasteiger charge is -2.25. The molecular formula is C15H21ClN2O3. The Balaban J connectivity index is 2.12. The number of nitrogens with two attached hydrogens (primary N) is 1. The van der Waals surface area contributed by atoms with E-state index in [-0.39, 0.29) is 17.9 Å². The van der Waals surface area contributed by atoms with Gasteiger partial charge in [0.2, 0.25) is 5.91 Å². The summed E-state index contributed by atoms with van der Waals surface area (Å²) in [4.78, 5) is 12.3. The highest BCUT2D eigenvalue weighted by Gasteiger charge is 2.25. The Labute approximate surface area is 129 Å². The average molecular weight is 313 g/mol. The zero-order valence-electron chi connectivity index (χ0n) is 12.3. The summed E-state index contributed by atoms with van der Waals surface area (Å²) in [5, 5.41) is 3.35. The lowest BCUT2D eigenvalue weighted by atomic mass is 9.86. The van der Waals surface area contributed by atoms with Crippen molar-refractivity contribution in [1.82, 2.24) is 0 Å². The van der Waals surface area contributed by atoms with Crippen molar-refractivity contribution >= 4 is 23.2 Å². The number of amides is 1. The fraction of sp³-hybridized carbons (Fsp3) is 0.533. The molecule has 5 nitrogen and oxygen atoms in total. The summed E-state index contributed by atoms with van der Waals surface area (Å²) in [6, 6.07) is 3.53. The van der Waals surface area contributed by atoms with E-state index in [9.17, 15) is 4.79 Å². The van der Waals surface area contributed by atoms with Crippen LogP contribution in [0.3, 0.4) is 0 Å². The van der Waals surface area contributed by atoms with E-state index >= 15 is 0 Å². The highest BCUT2D eigenvalue weighted by molar-refractivity contribution is 6.32. The molecule has 1 aromatic carbocycles. The number of halogens is 1. The van der Waals surface area contributed by atoms with Crippen LogP contribution in [-0.4, -0.2) is 26.2 Å². The molecule has 21 heavy (non-hydrogen) atoms. The maximum atomic E-state index is 12.3. The van der Waals surface area contributed by atoms with Crippen molar-refractivity contribution in [1.29, 1.82) is 0 Å². The van der Waals surface area contributed by atoms with Crippen LogP contribution >= 0.6 is 11.6 Å². The average Bonchev–Trinajstić information content (AvgIpc) is 2.49. The van der Waals surface area contributed by atoms with Gasteiger partial charge in [-0.25, -0.2) is 0 Å². The monoisotopic (exact) mass is 312 g/mol. The molecule has 0 saturated heterocycles. The largest absolute Gasteiger partial charge is 0.495 e. The molecule has 2 rings (SSSR count). The highest BCUT2D eigenvalue weighted by Crippen LogP contribution is 2.36. The number of hydrogen-bond acceptors (Lipinski definition) is 4. The first-order chi connectivity index (χ1) is 10.0. The molecule has 0 bridgehead atoms. The van der Waals surface area contributed by atoms with Crippen LogP contribution in [0.2, 0.25) is 5.02 Å². The fourth-order valence-electron chi connectivity index (χ4n) is 2.57. The molecule has 1 amide bonds. The van der Waals surface area contributed by atoms with E-state index in [0.29, 0.717) is 22.2 Å². The molecule has 0 radical (unpaired) electrons. The third kappa shape index (κ3) is 3.80. The van der Waals surface area contributed by atoms with E-state index in [2.05, 4.69) is 5.32 Å². The number of hydrogen-bond donors (Lipinski definition) is 2. The Kier molecular flexibility index (Phi) is 5.31. The smallest absolute Gasteiger partial charge is 0.227 e. The molecule has 3 N–H and O–H groups in total. The second-order valence-electron chi connectivity index (χ2n) is 5.29. The number of rotatable bonds is 4. The van der Waals surface area contributed by atoms with Crippen LogP contribution in [0.25, 0.3) is 0 Å². The van der Waals surface area contributed by atoms with E-state index in [1.165, 1.54) is 14.2 Å². The van der Waals surface area contributed by atoms with Gasteiger partial charge in [0.15, 0.2) is 0 Å². The van der Waals surface area contributed by atoms with Crippen molar-refractivity contribution in [2.45, 2.75) is 31.7 Å². The van der Waals surface area contributed by atoms with Gasteiger partial charge in [-0.3, -0.25) is 4.79 Å². The molecule has 1 aromatic rings. The van der Waals surface area contributed by atoms with Crippen molar-refractivity contribution in [3.63, 3.8) is 0 Å². The zero-order chi connectivity index (χ0) is 15.4. The zero-order valence-corrected chi connectivity index (χ0v) is 13.1. The summed E-state index contributed by atoms with van der Waals surface area (Å²) in [7, 11) is 3.06. The molecule has 6 heteroatoms. The molecule has 0 atom stereocenters. The van der Waals surface area contributed by atoms with Crippen LogP contribution in [-0.2, 0) is 4.79 Å². The molecule has 0 aliphatic heterocycles. The predicted octanol–water partition coefficient (Wildman–Crippen LogP) is 2.81. The van der Waals surface area contributed by atoms with E-state index in [1.54, 1.807) is 12.1 Å². The molecule has 0 unspecified atom stereocenters. The predicted molar refractivity (Wildman–Crippen MR) is 83.1 cm³/mol. The lowest BCUT2D eigenvalue weighted by Crippen LogP contribution is -2.32. The first-order valence-electron chi connectivity index (χ1n) is 7.03. The number of carbonyl (C=O) groups excluding carboxylic acids is 1. The Hall–Kier alpha value is -1.46. The summed E-state index contributed by atoms with van der Waals surface area (Å²) >= 11 is 6.05. The summed E-state index contributed by atoms with van der Waals surface area (Å²) in [6.07, 6.45) is 3.42. The second-order valence-corrected chi connectivity index (χ2v) is 5.70. The summed E-state index contributed by atoms with van der Waals surface area (Å²) in [6.45, 7) is 0. The maximum absolute atomic E-state index is 12.3. The first-order valence-corrected chi connectivity index (χ1v) is 7.41. The number of anilines is 1. The van der Waals surface area contributed by atoms with Gasteiger partial charge in [-0.15, -0.1) is 0 Å². The third-order valence-electron chi connectivity index (χ3n) is 3.87. The number of ether oxygens (including phenoxy) is 2. The van der Waals surface area contributed by atoms with Gasteiger partial charge in [0, 0.05) is 24.1 Å². The van der Waals surface area contributed by atoms with Crippen LogP contribution in [0.5, 0.6) is 11.5 Å². The Morgan fingerprint density at radius 2 is 1.81 bits per heavy atom. The Morgan fingerprint density at radius 1 is 1.19 bits per heavy atom. The highest BCUT2D eigenvalue weighted by atomic mass is 35.5. The Bertz CT molecular complexity index is 514. The normalized spacial score (nSPS) is 21.7. The number of benzene rings is 1. The minimum Gasteiger partial charge on any atom is -0.495 e. The summed E-state index contributed by atoms with van der Waals surface area (Å²) < 4.78 is 10.4. The van der Waals surface area contributed by atoms with E-state index in [4.69, 9.17) is 26.8 Å². The topological polar surface area (TPSA) is 73.6 Å².